The molecule has 2 aliphatic heterocycles. The Balaban J connectivity index is 1.01. The molecule has 2 aromatic carbocycles. The first kappa shape index (κ1) is 37.4. The van der Waals surface area contributed by atoms with Gasteiger partial charge < -0.3 is 20.9 Å². The van der Waals surface area contributed by atoms with Crippen molar-refractivity contribution < 1.29 is 31.2 Å². The summed E-state index contributed by atoms with van der Waals surface area (Å²) < 4.78 is 66.5. The molecule has 0 aliphatic carbocycles. The van der Waals surface area contributed by atoms with Crippen LogP contribution < -0.4 is 30.5 Å². The topological polar surface area (TPSA) is 174 Å². The molecule has 0 spiro atoms. The Hall–Kier alpha value is -5.36. The number of hydrogen-bond donors (Lipinski definition) is 4. The van der Waals surface area contributed by atoms with Crippen molar-refractivity contribution in [2.24, 2.45) is 0 Å². The Kier molecular flexibility index (Phi) is 11.1. The summed E-state index contributed by atoms with van der Waals surface area (Å²) in [5.74, 6) is -1.37. The second kappa shape index (κ2) is 15.7. The van der Waals surface area contributed by atoms with Gasteiger partial charge in [0.1, 0.15) is 17.1 Å². The summed E-state index contributed by atoms with van der Waals surface area (Å²) in [6, 6.07) is 15.7. The van der Waals surface area contributed by atoms with Gasteiger partial charge in [-0.3, -0.25) is 24.2 Å². The number of rotatable bonds is 12. The highest BCUT2D eigenvalue weighted by Gasteiger charge is 2.35. The molecule has 4 heterocycles. The van der Waals surface area contributed by atoms with Gasteiger partial charge in [0.05, 0.1) is 18.7 Å². The van der Waals surface area contributed by atoms with Crippen LogP contribution in [-0.4, -0.2) is 72.6 Å². The van der Waals surface area contributed by atoms with E-state index in [1.54, 1.807) is 12.1 Å². The Labute approximate surface area is 304 Å². The first-order valence-corrected chi connectivity index (χ1v) is 18.8. The monoisotopic (exact) mass is 752 g/mol. The maximum atomic E-state index is 13.9. The smallest absolute Gasteiger partial charge is 0.371 e. The molecular formula is C35H39F3N10O4S. The molecule has 6 rings (SSSR count). The minimum absolute atomic E-state index is 0.0286. The molecule has 1 atom stereocenters. The number of hydrogen-bond acceptors (Lipinski definition) is 12. The quantitative estimate of drug-likeness (QED) is 0.151. The second-order valence-electron chi connectivity index (χ2n) is 12.9. The molecule has 2 aromatic heterocycles. The number of anilines is 5. The highest BCUT2D eigenvalue weighted by atomic mass is 32.2. The number of nitrogens with one attached hydrogen (secondary N) is 4. The number of benzene rings is 2. The molecular weight excluding hydrogens is 714 g/mol. The second-order valence-corrected chi connectivity index (χ2v) is 14.9. The summed E-state index contributed by atoms with van der Waals surface area (Å²) in [6.07, 6.45) is 2.27. The van der Waals surface area contributed by atoms with Gasteiger partial charge in [0.15, 0.2) is 5.82 Å². The van der Waals surface area contributed by atoms with E-state index < -0.39 is 27.6 Å². The van der Waals surface area contributed by atoms with Gasteiger partial charge >= 0.3 is 6.18 Å². The lowest BCUT2D eigenvalue weighted by Crippen LogP contribution is -2.42. The first-order chi connectivity index (χ1) is 25.2. The van der Waals surface area contributed by atoms with E-state index in [1.165, 1.54) is 19.4 Å². The number of aromatic nitrogens is 4. The van der Waals surface area contributed by atoms with E-state index in [0.29, 0.717) is 37.3 Å². The van der Waals surface area contributed by atoms with Gasteiger partial charge in [-0.15, -0.1) is 0 Å². The lowest BCUT2D eigenvalue weighted by Gasteiger charge is -2.34. The summed E-state index contributed by atoms with van der Waals surface area (Å²) in [5, 5.41) is 11.6. The normalized spacial score (nSPS) is 17.0. The van der Waals surface area contributed by atoms with Crippen molar-refractivity contribution >= 4 is 50.8 Å². The Morgan fingerprint density at radius 2 is 1.64 bits per heavy atom. The summed E-state index contributed by atoms with van der Waals surface area (Å²) in [4.78, 5) is 42.1. The minimum Gasteiger partial charge on any atom is -0.371 e. The molecule has 2 fully saturated rings. The van der Waals surface area contributed by atoms with Crippen molar-refractivity contribution in [2.45, 2.75) is 56.9 Å². The predicted octanol–water partition coefficient (Wildman–Crippen LogP) is 4.32. The van der Waals surface area contributed by atoms with Crippen LogP contribution in [0.4, 0.5) is 42.1 Å². The van der Waals surface area contributed by atoms with Gasteiger partial charge in [-0.05, 0) is 54.7 Å². The van der Waals surface area contributed by atoms with Crippen LogP contribution in [0.3, 0.4) is 0 Å². The van der Waals surface area contributed by atoms with Crippen LogP contribution in [0.1, 0.15) is 54.0 Å². The number of carbonyl (C=O) groups is 2. The number of imide groups is 1. The summed E-state index contributed by atoms with van der Waals surface area (Å²) in [5.41, 5.74) is 2.62. The van der Waals surface area contributed by atoms with Crippen LogP contribution in [0.15, 0.2) is 67.1 Å². The third-order valence-electron chi connectivity index (χ3n) is 9.26. The van der Waals surface area contributed by atoms with Gasteiger partial charge in [-0.1, -0.05) is 24.3 Å². The Morgan fingerprint density at radius 3 is 2.30 bits per heavy atom. The number of amides is 2. The highest BCUT2D eigenvalue weighted by Crippen LogP contribution is 2.35. The lowest BCUT2D eigenvalue weighted by molar-refractivity contribution is -0.137. The molecule has 18 heteroatoms. The zero-order valence-corrected chi connectivity index (χ0v) is 29.8. The van der Waals surface area contributed by atoms with E-state index in [-0.39, 0.29) is 41.7 Å². The van der Waals surface area contributed by atoms with Crippen LogP contribution >= 0.6 is 0 Å². The van der Waals surface area contributed by atoms with Crippen molar-refractivity contribution in [3.8, 4) is 0 Å². The third-order valence-corrected chi connectivity index (χ3v) is 10.4. The fourth-order valence-corrected chi connectivity index (χ4v) is 6.69. The van der Waals surface area contributed by atoms with Crippen LogP contribution in [0, 0.1) is 0 Å². The van der Waals surface area contributed by atoms with Crippen molar-refractivity contribution in [3.05, 3.63) is 89.5 Å². The van der Waals surface area contributed by atoms with Gasteiger partial charge in [0.2, 0.25) is 27.8 Å². The molecule has 2 aliphatic rings. The molecule has 2 amide bonds. The molecule has 280 valence electrons. The molecule has 14 nitrogen and oxygen atoms in total. The van der Waals surface area contributed by atoms with Crippen LogP contribution in [-0.2, 0) is 38.9 Å². The van der Waals surface area contributed by atoms with Gasteiger partial charge in [0, 0.05) is 69.1 Å². The molecule has 0 saturated carbocycles. The molecule has 4 N–H and O–H groups in total. The number of halogens is 3. The minimum atomic E-state index is -4.76. The van der Waals surface area contributed by atoms with Gasteiger partial charge in [0.25, 0.3) is 0 Å². The number of piperidine rings is 2. The van der Waals surface area contributed by atoms with Crippen molar-refractivity contribution in [1.29, 1.82) is 0 Å². The largest absolute Gasteiger partial charge is 0.421 e. The Bertz CT molecular complexity index is 2040. The van der Waals surface area contributed by atoms with E-state index in [4.69, 9.17) is 0 Å². The standard InChI is InChI=1S/C35H39F3N10O4S/c1-47(53(2,51)52)32-29(39-15-16-40-32)21-42-31-28(35(36,37)38)20-43-34(46-31)44-25-7-3-22(4-8-25)19-41-24-13-17-48(18-14-24)26-9-5-23(6-10-26)27-11-12-30(49)45-33(27)50/h3-10,15-16,20,24,27,41H,11-14,17-19,21H2,1-2H3,(H,45,49,50)(H2,42,43,44,46). The van der Waals surface area contributed by atoms with E-state index in [9.17, 15) is 31.2 Å². The highest BCUT2D eigenvalue weighted by molar-refractivity contribution is 7.92. The average Bonchev–Trinajstić information content (AvgIpc) is 3.13. The maximum absolute atomic E-state index is 13.9. The van der Waals surface area contributed by atoms with E-state index >= 15 is 0 Å². The lowest BCUT2D eigenvalue weighted by atomic mass is 9.90. The summed E-state index contributed by atoms with van der Waals surface area (Å²) in [7, 11) is -2.42. The fraction of sp³-hybridized carbons (Fsp3) is 0.371. The number of nitrogens with zero attached hydrogens (tertiary/aromatic N) is 6. The number of carbonyl (C=O) groups excluding carboxylic acids is 2. The predicted molar refractivity (Wildman–Crippen MR) is 193 cm³/mol. The molecule has 1 unspecified atom stereocenters. The maximum Gasteiger partial charge on any atom is 0.421 e. The summed E-state index contributed by atoms with van der Waals surface area (Å²) >= 11 is 0. The van der Waals surface area contributed by atoms with Gasteiger partial charge in [-0.25, -0.2) is 18.4 Å². The van der Waals surface area contributed by atoms with E-state index in [2.05, 4.69) is 46.1 Å². The van der Waals surface area contributed by atoms with Crippen molar-refractivity contribution in [2.75, 3.05) is 46.2 Å². The average molecular weight is 753 g/mol. The molecule has 0 bridgehead atoms. The number of sulfonamides is 1. The Morgan fingerprint density at radius 1 is 0.943 bits per heavy atom. The van der Waals surface area contributed by atoms with E-state index in [0.717, 1.165) is 53.3 Å². The molecule has 53 heavy (non-hydrogen) atoms. The summed E-state index contributed by atoms with van der Waals surface area (Å²) in [6.45, 7) is 2.10. The van der Waals surface area contributed by atoms with Crippen molar-refractivity contribution in [3.63, 3.8) is 0 Å². The zero-order chi connectivity index (χ0) is 37.8. The molecule has 4 aromatic rings. The molecule has 0 radical (unpaired) electrons. The first-order valence-electron chi connectivity index (χ1n) is 16.9. The van der Waals surface area contributed by atoms with Crippen LogP contribution in [0.5, 0.6) is 0 Å². The SMILES string of the molecule is CN(c1nccnc1CNc1nc(Nc2ccc(CNC3CCN(c4ccc(C5CCC(=O)NC5=O)cc4)CC3)cc2)ncc1C(F)(F)F)S(C)(=O)=O. The van der Waals surface area contributed by atoms with Gasteiger partial charge in [-0.2, -0.15) is 18.2 Å². The zero-order valence-electron chi connectivity index (χ0n) is 29.0. The van der Waals surface area contributed by atoms with E-state index in [1.807, 2.05) is 36.4 Å². The third kappa shape index (κ3) is 9.36. The van der Waals surface area contributed by atoms with Crippen LogP contribution in [0.25, 0.3) is 0 Å². The molecule has 2 saturated heterocycles. The van der Waals surface area contributed by atoms with Crippen LogP contribution in [0.2, 0.25) is 0 Å². The fourth-order valence-electron chi connectivity index (χ4n) is 6.22. The van der Waals surface area contributed by atoms with Crippen molar-refractivity contribution in [1.82, 2.24) is 30.6 Å². The number of alkyl halides is 3.